The van der Waals surface area contributed by atoms with Gasteiger partial charge in [-0.05, 0) is 48.9 Å². The highest BCUT2D eigenvalue weighted by atomic mass is 35.5. The summed E-state index contributed by atoms with van der Waals surface area (Å²) in [7, 11) is 0. The molecule has 29 heavy (non-hydrogen) atoms. The molecule has 0 aliphatic carbocycles. The Bertz CT molecular complexity index is 1250. The summed E-state index contributed by atoms with van der Waals surface area (Å²) in [6, 6.07) is 21.4. The van der Waals surface area contributed by atoms with Crippen LogP contribution >= 0.6 is 11.6 Å². The lowest BCUT2D eigenvalue weighted by Crippen LogP contribution is -2.05. The Morgan fingerprint density at radius 3 is 2.41 bits per heavy atom. The molecule has 142 valence electrons. The number of aromatic nitrogens is 1. The molecular formula is C25H17ClFNO. The van der Waals surface area contributed by atoms with Crippen LogP contribution in [0.15, 0.2) is 78.9 Å². The molecule has 4 heteroatoms. The maximum Gasteiger partial charge on any atom is 0.188 e. The van der Waals surface area contributed by atoms with Gasteiger partial charge in [-0.1, -0.05) is 60.1 Å². The maximum atomic E-state index is 13.9. The number of carbonyl (C=O) groups is 1. The van der Waals surface area contributed by atoms with E-state index in [1.54, 1.807) is 30.3 Å². The Labute approximate surface area is 173 Å². The van der Waals surface area contributed by atoms with Gasteiger partial charge in [0.05, 0.1) is 11.1 Å². The number of halogens is 2. The quantitative estimate of drug-likeness (QED) is 0.275. The van der Waals surface area contributed by atoms with Crippen molar-refractivity contribution < 1.29 is 9.18 Å². The number of nitrogens with zero attached hydrogens (tertiary/aromatic N) is 1. The average molecular weight is 402 g/mol. The minimum absolute atomic E-state index is 0.228. The number of hydrogen-bond acceptors (Lipinski definition) is 2. The predicted octanol–water partition coefficient (Wildman–Crippen LogP) is 6.90. The first-order valence-electron chi connectivity index (χ1n) is 9.17. The zero-order valence-electron chi connectivity index (χ0n) is 15.7. The van der Waals surface area contributed by atoms with E-state index in [0.717, 1.165) is 22.0 Å². The van der Waals surface area contributed by atoms with Crippen molar-refractivity contribution in [2.24, 2.45) is 0 Å². The van der Waals surface area contributed by atoms with Crippen LogP contribution in [0, 0.1) is 12.7 Å². The minimum atomic E-state index is -0.372. The highest BCUT2D eigenvalue weighted by molar-refractivity contribution is 6.30. The Hall–Kier alpha value is -3.30. The van der Waals surface area contributed by atoms with Gasteiger partial charge in [-0.3, -0.25) is 9.78 Å². The van der Waals surface area contributed by atoms with Crippen molar-refractivity contribution in [3.63, 3.8) is 0 Å². The van der Waals surface area contributed by atoms with Gasteiger partial charge in [-0.15, -0.1) is 0 Å². The fourth-order valence-corrected chi connectivity index (χ4v) is 3.54. The fraction of sp³-hybridized carbons (Fsp3) is 0.0400. The van der Waals surface area contributed by atoms with Crippen molar-refractivity contribution in [3.8, 4) is 11.1 Å². The largest absolute Gasteiger partial charge is 0.289 e. The lowest BCUT2D eigenvalue weighted by molar-refractivity contribution is 0.104. The van der Waals surface area contributed by atoms with Crippen LogP contribution in [0.4, 0.5) is 4.39 Å². The van der Waals surface area contributed by atoms with E-state index in [2.05, 4.69) is 4.98 Å². The highest BCUT2D eigenvalue weighted by Crippen LogP contribution is 2.34. The van der Waals surface area contributed by atoms with Gasteiger partial charge >= 0.3 is 0 Å². The number of pyridine rings is 1. The monoisotopic (exact) mass is 401 g/mol. The third kappa shape index (κ3) is 3.82. The first-order chi connectivity index (χ1) is 14.0. The van der Waals surface area contributed by atoms with Crippen molar-refractivity contribution in [2.75, 3.05) is 0 Å². The zero-order valence-corrected chi connectivity index (χ0v) is 16.5. The SMILES string of the molecule is Cc1nc2ccccc2c(-c2ccc(Cl)cc2)c1C(=O)/C=C\c1ccccc1F. The molecule has 2 nitrogen and oxygen atoms in total. The Morgan fingerprint density at radius 1 is 0.966 bits per heavy atom. The topological polar surface area (TPSA) is 30.0 Å². The second-order valence-corrected chi connectivity index (χ2v) is 7.13. The van der Waals surface area contributed by atoms with E-state index in [0.29, 0.717) is 21.8 Å². The second-order valence-electron chi connectivity index (χ2n) is 6.69. The molecule has 0 amide bonds. The molecule has 0 fully saturated rings. The summed E-state index contributed by atoms with van der Waals surface area (Å²) >= 11 is 6.06. The van der Waals surface area contributed by atoms with Gasteiger partial charge in [0.2, 0.25) is 0 Å². The van der Waals surface area contributed by atoms with Crippen molar-refractivity contribution in [1.82, 2.24) is 4.98 Å². The van der Waals surface area contributed by atoms with Crippen molar-refractivity contribution in [3.05, 3.63) is 107 Å². The molecule has 0 saturated heterocycles. The molecule has 0 aliphatic rings. The van der Waals surface area contributed by atoms with E-state index in [1.165, 1.54) is 18.2 Å². The first-order valence-corrected chi connectivity index (χ1v) is 9.54. The van der Waals surface area contributed by atoms with Crippen LogP contribution in [-0.4, -0.2) is 10.8 Å². The molecule has 3 aromatic carbocycles. The van der Waals surface area contributed by atoms with Crippen LogP contribution in [0.2, 0.25) is 5.02 Å². The van der Waals surface area contributed by atoms with Gasteiger partial charge in [0.1, 0.15) is 5.82 Å². The molecule has 0 saturated carbocycles. The molecule has 1 heterocycles. The number of rotatable bonds is 4. The van der Waals surface area contributed by atoms with Gasteiger partial charge in [0, 0.05) is 27.2 Å². The van der Waals surface area contributed by atoms with Crippen molar-refractivity contribution in [2.45, 2.75) is 6.92 Å². The summed E-state index contributed by atoms with van der Waals surface area (Å²) in [6.07, 6.45) is 2.90. The van der Waals surface area contributed by atoms with Gasteiger partial charge < -0.3 is 0 Å². The van der Waals surface area contributed by atoms with Gasteiger partial charge in [-0.2, -0.15) is 0 Å². The number of ketones is 1. The average Bonchev–Trinajstić information content (AvgIpc) is 2.72. The molecular weight excluding hydrogens is 385 g/mol. The summed E-state index contributed by atoms with van der Waals surface area (Å²) in [6.45, 7) is 1.82. The Kier molecular flexibility index (Phi) is 5.24. The number of hydrogen-bond donors (Lipinski definition) is 0. The number of carbonyl (C=O) groups excluding carboxylic acids is 1. The van der Waals surface area contributed by atoms with Crippen LogP contribution in [0.3, 0.4) is 0 Å². The summed E-state index contributed by atoms with van der Waals surface area (Å²) < 4.78 is 13.9. The number of fused-ring (bicyclic) bond motifs is 1. The van der Waals surface area contributed by atoms with Crippen LogP contribution in [0.5, 0.6) is 0 Å². The second kappa shape index (κ2) is 7.98. The lowest BCUT2D eigenvalue weighted by Gasteiger charge is -2.14. The third-order valence-electron chi connectivity index (χ3n) is 4.77. The maximum absolute atomic E-state index is 13.9. The van der Waals surface area contributed by atoms with Gasteiger partial charge in [0.15, 0.2) is 5.78 Å². The summed E-state index contributed by atoms with van der Waals surface area (Å²) in [5.74, 6) is -0.600. The summed E-state index contributed by atoms with van der Waals surface area (Å²) in [4.78, 5) is 17.8. The van der Waals surface area contributed by atoms with E-state index in [9.17, 15) is 9.18 Å². The van der Waals surface area contributed by atoms with E-state index in [1.807, 2.05) is 43.3 Å². The molecule has 0 atom stereocenters. The van der Waals surface area contributed by atoms with E-state index < -0.39 is 0 Å². The van der Waals surface area contributed by atoms with Crippen LogP contribution in [0.25, 0.3) is 28.1 Å². The van der Waals surface area contributed by atoms with Crippen molar-refractivity contribution in [1.29, 1.82) is 0 Å². The van der Waals surface area contributed by atoms with Gasteiger partial charge in [-0.25, -0.2) is 4.39 Å². The number of para-hydroxylation sites is 1. The van der Waals surface area contributed by atoms with E-state index in [-0.39, 0.29) is 11.6 Å². The fourth-order valence-electron chi connectivity index (χ4n) is 3.41. The lowest BCUT2D eigenvalue weighted by atomic mass is 9.92. The summed E-state index contributed by atoms with van der Waals surface area (Å²) in [5, 5.41) is 1.50. The number of allylic oxidation sites excluding steroid dienone is 1. The normalized spacial score (nSPS) is 11.3. The van der Waals surface area contributed by atoms with E-state index in [4.69, 9.17) is 11.6 Å². The molecule has 4 rings (SSSR count). The molecule has 4 aromatic rings. The molecule has 1 aromatic heterocycles. The molecule has 0 aliphatic heterocycles. The standard InChI is InChI=1S/C25H17ClFNO/c1-16-24(23(29)15-12-17-6-2-4-8-21(17)27)25(18-10-13-19(26)14-11-18)20-7-3-5-9-22(20)28-16/h2-15H,1H3/b15-12-. The zero-order chi connectivity index (χ0) is 20.4. The van der Waals surface area contributed by atoms with Crippen molar-refractivity contribution >= 4 is 34.4 Å². The molecule has 0 spiro atoms. The third-order valence-corrected chi connectivity index (χ3v) is 5.02. The van der Waals surface area contributed by atoms with Crippen LogP contribution in [0.1, 0.15) is 21.6 Å². The number of benzene rings is 3. The highest BCUT2D eigenvalue weighted by Gasteiger charge is 2.19. The molecule has 0 unspecified atom stereocenters. The van der Waals surface area contributed by atoms with Gasteiger partial charge in [0.25, 0.3) is 0 Å². The smallest absolute Gasteiger partial charge is 0.188 e. The Morgan fingerprint density at radius 2 is 1.66 bits per heavy atom. The number of aryl methyl sites for hydroxylation is 1. The van der Waals surface area contributed by atoms with Crippen LogP contribution in [-0.2, 0) is 0 Å². The minimum Gasteiger partial charge on any atom is -0.289 e. The molecule has 0 radical (unpaired) electrons. The first kappa shape index (κ1) is 19.0. The van der Waals surface area contributed by atoms with E-state index >= 15 is 0 Å². The summed E-state index contributed by atoms with van der Waals surface area (Å²) in [5.41, 5.74) is 3.96. The molecule has 0 bridgehead atoms. The predicted molar refractivity (Wildman–Crippen MR) is 117 cm³/mol. The Balaban J connectivity index is 1.90. The molecule has 0 N–H and O–H groups in total. The van der Waals surface area contributed by atoms with Crippen LogP contribution < -0.4 is 0 Å².